The molecule has 39 heavy (non-hydrogen) atoms. The molecule has 0 unspecified atom stereocenters. The van der Waals surface area contributed by atoms with E-state index < -0.39 is 48.8 Å². The van der Waals surface area contributed by atoms with Crippen LogP contribution in [0.2, 0.25) is 5.02 Å². The van der Waals surface area contributed by atoms with Crippen LogP contribution < -0.4 is 14.3 Å². The van der Waals surface area contributed by atoms with Crippen molar-refractivity contribution in [1.29, 1.82) is 0 Å². The highest BCUT2D eigenvalue weighted by atomic mass is 35.5. The van der Waals surface area contributed by atoms with Crippen LogP contribution in [-0.2, 0) is 31.0 Å². The lowest BCUT2D eigenvalue weighted by atomic mass is 10.1. The number of alkyl halides is 3. The van der Waals surface area contributed by atoms with Crippen molar-refractivity contribution in [3.8, 4) is 0 Å². The van der Waals surface area contributed by atoms with Crippen molar-refractivity contribution in [2.24, 2.45) is 0 Å². The maximum Gasteiger partial charge on any atom is 0.417 e. The number of carbonyl (C=O) groups is 1. The van der Waals surface area contributed by atoms with Gasteiger partial charge in [0.25, 0.3) is 10.0 Å². The first-order valence-corrected chi connectivity index (χ1v) is 15.0. The maximum absolute atomic E-state index is 13.1. The second-order valence-corrected chi connectivity index (χ2v) is 12.8. The standard InChI is InChI=1S/C25H25ClF3N3O5S2/c1-15-5-9-20(13-16(15)2)32(38(4,34)35)17(3)24(33)30-18-6-10-21(11-7-18)39(36,37)31-19-8-12-23(26)22(14-19)25(27,28)29/h5-14,17,31H,1-4H3,(H,30,33)/t17-/m0/s1. The van der Waals surface area contributed by atoms with Gasteiger partial charge in [0.05, 0.1) is 27.4 Å². The molecule has 0 radical (unpaired) electrons. The number of carbonyl (C=O) groups excluding carboxylic acids is 1. The largest absolute Gasteiger partial charge is 0.417 e. The molecule has 0 spiro atoms. The molecular weight excluding hydrogens is 579 g/mol. The summed E-state index contributed by atoms with van der Waals surface area (Å²) in [5.74, 6) is -0.673. The van der Waals surface area contributed by atoms with Gasteiger partial charge in [-0.25, -0.2) is 16.8 Å². The number of halogens is 4. The Balaban J connectivity index is 1.79. The fourth-order valence-corrected chi connectivity index (χ4v) is 6.10. The van der Waals surface area contributed by atoms with E-state index in [1.54, 1.807) is 18.2 Å². The molecule has 210 valence electrons. The van der Waals surface area contributed by atoms with E-state index >= 15 is 0 Å². The third kappa shape index (κ3) is 7.22. The minimum absolute atomic E-state index is 0.171. The molecule has 3 rings (SSSR count). The van der Waals surface area contributed by atoms with Gasteiger partial charge in [0.15, 0.2) is 0 Å². The summed E-state index contributed by atoms with van der Waals surface area (Å²) < 4.78 is 92.8. The Morgan fingerprint density at radius 1 is 0.897 bits per heavy atom. The Morgan fingerprint density at radius 2 is 1.49 bits per heavy atom. The van der Waals surface area contributed by atoms with E-state index in [4.69, 9.17) is 11.6 Å². The highest BCUT2D eigenvalue weighted by Crippen LogP contribution is 2.36. The smallest absolute Gasteiger partial charge is 0.324 e. The molecule has 8 nitrogen and oxygen atoms in total. The van der Waals surface area contributed by atoms with Crippen LogP contribution >= 0.6 is 11.6 Å². The van der Waals surface area contributed by atoms with E-state index in [-0.39, 0.29) is 16.3 Å². The van der Waals surface area contributed by atoms with Crippen molar-refractivity contribution in [1.82, 2.24) is 0 Å². The third-order valence-electron chi connectivity index (χ3n) is 5.79. The van der Waals surface area contributed by atoms with Gasteiger partial charge < -0.3 is 5.32 Å². The Labute approximate surface area is 229 Å². The number of sulfonamides is 2. The van der Waals surface area contributed by atoms with Crippen molar-refractivity contribution < 1.29 is 34.8 Å². The quantitative estimate of drug-likeness (QED) is 0.350. The number of anilines is 3. The monoisotopic (exact) mass is 603 g/mol. The van der Waals surface area contributed by atoms with Crippen molar-refractivity contribution in [3.05, 3.63) is 82.4 Å². The molecule has 0 bridgehead atoms. The molecule has 0 heterocycles. The second kappa shape index (κ2) is 11.1. The molecular formula is C25H25ClF3N3O5S2. The van der Waals surface area contributed by atoms with Gasteiger partial charge in [0.2, 0.25) is 15.9 Å². The Morgan fingerprint density at radius 3 is 2.03 bits per heavy atom. The fraction of sp³-hybridized carbons (Fsp3) is 0.240. The minimum Gasteiger partial charge on any atom is -0.324 e. The number of rotatable bonds is 8. The number of hydrogen-bond donors (Lipinski definition) is 2. The molecule has 2 N–H and O–H groups in total. The zero-order valence-electron chi connectivity index (χ0n) is 21.2. The predicted molar refractivity (Wildman–Crippen MR) is 145 cm³/mol. The molecule has 14 heteroatoms. The maximum atomic E-state index is 13.1. The van der Waals surface area contributed by atoms with E-state index in [2.05, 4.69) is 10.0 Å². The summed E-state index contributed by atoms with van der Waals surface area (Å²) in [5.41, 5.74) is 0.737. The lowest BCUT2D eigenvalue weighted by Gasteiger charge is -2.28. The first-order valence-electron chi connectivity index (χ1n) is 11.3. The van der Waals surface area contributed by atoms with E-state index in [9.17, 15) is 34.8 Å². The summed E-state index contributed by atoms with van der Waals surface area (Å²) in [4.78, 5) is 12.7. The molecule has 0 aromatic heterocycles. The average molecular weight is 604 g/mol. The van der Waals surface area contributed by atoms with Crippen LogP contribution in [0.25, 0.3) is 0 Å². The first kappa shape index (κ1) is 30.3. The number of amides is 1. The second-order valence-electron chi connectivity index (χ2n) is 8.81. The molecule has 0 aliphatic heterocycles. The number of nitrogens with one attached hydrogen (secondary N) is 2. The zero-order valence-corrected chi connectivity index (χ0v) is 23.6. The first-order chi connectivity index (χ1) is 17.9. The summed E-state index contributed by atoms with van der Waals surface area (Å²) in [7, 11) is -8.14. The van der Waals surface area contributed by atoms with E-state index in [1.165, 1.54) is 19.1 Å². The van der Waals surface area contributed by atoms with Crippen LogP contribution in [0.3, 0.4) is 0 Å². The van der Waals surface area contributed by atoms with E-state index in [0.717, 1.165) is 46.0 Å². The predicted octanol–water partition coefficient (Wildman–Crippen LogP) is 5.57. The normalized spacial score (nSPS) is 13.0. The molecule has 0 aliphatic rings. The summed E-state index contributed by atoms with van der Waals surface area (Å²) in [5, 5.41) is 1.97. The minimum atomic E-state index is -4.78. The molecule has 3 aromatic rings. The van der Waals surface area contributed by atoms with Crippen molar-refractivity contribution in [2.45, 2.75) is 37.9 Å². The molecule has 1 amide bonds. The summed E-state index contributed by atoms with van der Waals surface area (Å²) in [6, 6.07) is 11.3. The number of hydrogen-bond acceptors (Lipinski definition) is 5. The van der Waals surface area contributed by atoms with Crippen molar-refractivity contribution in [3.63, 3.8) is 0 Å². The highest BCUT2D eigenvalue weighted by molar-refractivity contribution is 7.92. The van der Waals surface area contributed by atoms with Crippen LogP contribution in [0.4, 0.5) is 30.2 Å². The average Bonchev–Trinajstić information content (AvgIpc) is 2.81. The summed E-state index contributed by atoms with van der Waals surface area (Å²) in [6.07, 6.45) is -3.79. The summed E-state index contributed by atoms with van der Waals surface area (Å²) >= 11 is 5.57. The van der Waals surface area contributed by atoms with E-state index in [0.29, 0.717) is 11.8 Å². The van der Waals surface area contributed by atoms with Crippen molar-refractivity contribution >= 4 is 54.6 Å². The van der Waals surface area contributed by atoms with Crippen LogP contribution in [0.1, 0.15) is 23.6 Å². The molecule has 0 saturated heterocycles. The van der Waals surface area contributed by atoms with Gasteiger partial charge in [-0.05, 0) is 86.5 Å². The van der Waals surface area contributed by atoms with E-state index in [1.807, 2.05) is 13.8 Å². The topological polar surface area (TPSA) is 113 Å². The fourth-order valence-electron chi connectivity index (χ4n) is 3.66. The van der Waals surface area contributed by atoms with Crippen molar-refractivity contribution in [2.75, 3.05) is 20.6 Å². The molecule has 0 fully saturated rings. The summed E-state index contributed by atoms with van der Waals surface area (Å²) in [6.45, 7) is 5.10. The van der Waals surface area contributed by atoms with Gasteiger partial charge in [-0.1, -0.05) is 17.7 Å². The number of benzene rings is 3. The lowest BCUT2D eigenvalue weighted by Crippen LogP contribution is -2.45. The van der Waals surface area contributed by atoms with Crippen LogP contribution in [0.15, 0.2) is 65.6 Å². The van der Waals surface area contributed by atoms with Gasteiger partial charge in [-0.3, -0.25) is 13.8 Å². The lowest BCUT2D eigenvalue weighted by molar-refractivity contribution is -0.137. The SMILES string of the molecule is Cc1ccc(N([C@@H](C)C(=O)Nc2ccc(S(=O)(=O)Nc3ccc(Cl)c(C(F)(F)F)c3)cc2)S(C)(=O)=O)cc1C. The molecule has 3 aromatic carbocycles. The third-order valence-corrected chi connectivity index (χ3v) is 8.76. The number of nitrogens with zero attached hydrogens (tertiary/aromatic N) is 1. The highest BCUT2D eigenvalue weighted by Gasteiger charge is 2.34. The van der Waals surface area contributed by atoms with Gasteiger partial charge in [0.1, 0.15) is 6.04 Å². The van der Waals surface area contributed by atoms with Crippen LogP contribution in [0, 0.1) is 13.8 Å². The molecule has 0 saturated carbocycles. The molecule has 0 aliphatic carbocycles. The Bertz CT molecular complexity index is 1610. The number of aryl methyl sites for hydroxylation is 2. The van der Waals surface area contributed by atoms with Crippen LogP contribution in [0.5, 0.6) is 0 Å². The van der Waals surface area contributed by atoms with Crippen LogP contribution in [-0.4, -0.2) is 35.0 Å². The Hall–Kier alpha value is -3.29. The Kier molecular flexibility index (Phi) is 8.58. The molecule has 1 atom stereocenters. The van der Waals surface area contributed by atoms with Gasteiger partial charge in [0, 0.05) is 11.4 Å². The van der Waals surface area contributed by atoms with Gasteiger partial charge >= 0.3 is 6.18 Å². The zero-order chi connectivity index (χ0) is 29.3. The van der Waals surface area contributed by atoms with Gasteiger partial charge in [-0.2, -0.15) is 13.2 Å². The van der Waals surface area contributed by atoms with Gasteiger partial charge in [-0.15, -0.1) is 0 Å².